The summed E-state index contributed by atoms with van der Waals surface area (Å²) in [5.41, 5.74) is 2.33. The molecule has 1 heterocycles. The van der Waals surface area contributed by atoms with E-state index in [1.807, 2.05) is 60.3 Å². The maximum absolute atomic E-state index is 6.03. The maximum atomic E-state index is 6.03. The van der Waals surface area contributed by atoms with Gasteiger partial charge in [-0.3, -0.25) is 0 Å². The third-order valence-electron chi connectivity index (χ3n) is 4.14. The Morgan fingerprint density at radius 2 is 1.88 bits per heavy atom. The van der Waals surface area contributed by atoms with Crippen LogP contribution in [0.5, 0.6) is 0 Å². The maximum Gasteiger partial charge on any atom is 0.167 e. The molecule has 0 aliphatic rings. The zero-order chi connectivity index (χ0) is 18.4. The van der Waals surface area contributed by atoms with Gasteiger partial charge in [0.05, 0.1) is 0 Å². The predicted molar refractivity (Wildman–Crippen MR) is 110 cm³/mol. The lowest BCUT2D eigenvalue weighted by Crippen LogP contribution is -2.39. The van der Waals surface area contributed by atoms with Crippen LogP contribution in [-0.2, 0) is 13.5 Å². The van der Waals surface area contributed by atoms with Crippen molar-refractivity contribution in [3.8, 4) is 0 Å². The van der Waals surface area contributed by atoms with Crippen molar-refractivity contribution in [2.45, 2.75) is 12.5 Å². The molecule has 0 fully saturated rings. The molecule has 134 valence electrons. The van der Waals surface area contributed by atoms with E-state index in [0.29, 0.717) is 10.1 Å². The van der Waals surface area contributed by atoms with Gasteiger partial charge in [0.15, 0.2) is 5.11 Å². The van der Waals surface area contributed by atoms with Crippen LogP contribution in [0.3, 0.4) is 0 Å². The Labute approximate surface area is 164 Å². The molecule has 1 atom stereocenters. The summed E-state index contributed by atoms with van der Waals surface area (Å²) in [6, 6.07) is 17.9. The summed E-state index contributed by atoms with van der Waals surface area (Å²) in [6.07, 6.45) is 4.62. The van der Waals surface area contributed by atoms with Crippen molar-refractivity contribution in [3.05, 3.63) is 89.0 Å². The second kappa shape index (κ2) is 8.83. The van der Waals surface area contributed by atoms with Gasteiger partial charge in [-0.1, -0.05) is 54.1 Å². The van der Waals surface area contributed by atoms with E-state index in [0.717, 1.165) is 24.4 Å². The normalized spacial score (nSPS) is 11.8. The van der Waals surface area contributed by atoms with E-state index in [4.69, 9.17) is 23.8 Å². The van der Waals surface area contributed by atoms with E-state index in [1.165, 1.54) is 5.56 Å². The monoisotopic (exact) mass is 384 g/mol. The Balaban J connectivity index is 1.66. The molecule has 2 aromatic carbocycles. The molecule has 0 radical (unpaired) electrons. The standard InChI is InChI=1S/C20H21ClN4S/c1-25-14-13-22-19(25)18(16-7-9-17(21)10-8-16)24-20(26)23-12-11-15-5-3-2-4-6-15/h2-10,13-14,18H,11-12H2,1H3,(H2,23,24,26)/t18-/m0/s1. The highest BCUT2D eigenvalue weighted by Gasteiger charge is 2.19. The van der Waals surface area contributed by atoms with Gasteiger partial charge in [-0.2, -0.15) is 0 Å². The average molecular weight is 385 g/mol. The van der Waals surface area contributed by atoms with Crippen LogP contribution in [0.4, 0.5) is 0 Å². The SMILES string of the molecule is Cn1ccnc1[C@@H](NC(=S)NCCc1ccccc1)c1ccc(Cl)cc1. The molecule has 0 saturated carbocycles. The molecule has 0 aliphatic heterocycles. The third kappa shape index (κ3) is 4.84. The number of nitrogens with one attached hydrogen (secondary N) is 2. The fourth-order valence-electron chi connectivity index (χ4n) is 2.75. The van der Waals surface area contributed by atoms with Crippen LogP contribution >= 0.6 is 23.8 Å². The Morgan fingerprint density at radius 3 is 2.54 bits per heavy atom. The highest BCUT2D eigenvalue weighted by atomic mass is 35.5. The molecule has 0 aliphatic carbocycles. The van der Waals surface area contributed by atoms with Crippen LogP contribution in [0.15, 0.2) is 67.0 Å². The third-order valence-corrected chi connectivity index (χ3v) is 4.65. The number of rotatable bonds is 6. The lowest BCUT2D eigenvalue weighted by atomic mass is 10.1. The summed E-state index contributed by atoms with van der Waals surface area (Å²) < 4.78 is 1.98. The molecule has 2 N–H and O–H groups in total. The molecule has 26 heavy (non-hydrogen) atoms. The van der Waals surface area contributed by atoms with Crippen molar-refractivity contribution in [3.63, 3.8) is 0 Å². The van der Waals surface area contributed by atoms with Gasteiger partial charge in [0.25, 0.3) is 0 Å². The van der Waals surface area contributed by atoms with E-state index in [9.17, 15) is 0 Å². The van der Waals surface area contributed by atoms with Gasteiger partial charge < -0.3 is 15.2 Å². The van der Waals surface area contributed by atoms with Gasteiger partial charge in [-0.15, -0.1) is 0 Å². The van der Waals surface area contributed by atoms with Crippen molar-refractivity contribution in [1.29, 1.82) is 0 Å². The molecule has 3 aromatic rings. The van der Waals surface area contributed by atoms with Crippen molar-refractivity contribution in [2.24, 2.45) is 7.05 Å². The highest BCUT2D eigenvalue weighted by Crippen LogP contribution is 2.22. The van der Waals surface area contributed by atoms with Crippen LogP contribution in [0.25, 0.3) is 0 Å². The second-order valence-electron chi connectivity index (χ2n) is 6.02. The van der Waals surface area contributed by atoms with Gasteiger partial charge in [0.2, 0.25) is 0 Å². The number of hydrogen-bond donors (Lipinski definition) is 2. The smallest absolute Gasteiger partial charge is 0.167 e. The average Bonchev–Trinajstić information content (AvgIpc) is 3.07. The summed E-state index contributed by atoms with van der Waals surface area (Å²) in [5.74, 6) is 0.888. The van der Waals surface area contributed by atoms with E-state index < -0.39 is 0 Å². The minimum Gasteiger partial charge on any atom is -0.362 e. The van der Waals surface area contributed by atoms with Gasteiger partial charge >= 0.3 is 0 Å². The molecule has 0 spiro atoms. The van der Waals surface area contributed by atoms with E-state index in [-0.39, 0.29) is 6.04 Å². The lowest BCUT2D eigenvalue weighted by molar-refractivity contribution is 0.651. The Kier molecular flexibility index (Phi) is 6.26. The summed E-state index contributed by atoms with van der Waals surface area (Å²) in [5, 5.41) is 7.96. The highest BCUT2D eigenvalue weighted by molar-refractivity contribution is 7.80. The number of hydrogen-bond acceptors (Lipinski definition) is 2. The van der Waals surface area contributed by atoms with Crippen LogP contribution in [0.2, 0.25) is 5.02 Å². The molecule has 0 unspecified atom stereocenters. The van der Waals surface area contributed by atoms with E-state index in [1.54, 1.807) is 6.20 Å². The van der Waals surface area contributed by atoms with Crippen molar-refractivity contribution < 1.29 is 0 Å². The first-order valence-electron chi connectivity index (χ1n) is 8.44. The summed E-state index contributed by atoms with van der Waals surface area (Å²) >= 11 is 11.5. The zero-order valence-electron chi connectivity index (χ0n) is 14.5. The van der Waals surface area contributed by atoms with Crippen LogP contribution < -0.4 is 10.6 Å². The summed E-state index contributed by atoms with van der Waals surface area (Å²) in [6.45, 7) is 0.768. The largest absolute Gasteiger partial charge is 0.362 e. The molecule has 0 amide bonds. The minimum atomic E-state index is -0.149. The number of thiocarbonyl (C=S) groups is 1. The fraction of sp³-hybridized carbons (Fsp3) is 0.200. The van der Waals surface area contributed by atoms with Gasteiger partial charge in [-0.25, -0.2) is 4.98 Å². The number of nitrogens with zero attached hydrogens (tertiary/aromatic N) is 2. The Morgan fingerprint density at radius 1 is 1.15 bits per heavy atom. The van der Waals surface area contributed by atoms with Gasteiger partial charge in [0, 0.05) is 31.0 Å². The lowest BCUT2D eigenvalue weighted by Gasteiger charge is -2.21. The van der Waals surface area contributed by atoms with E-state index >= 15 is 0 Å². The fourth-order valence-corrected chi connectivity index (χ4v) is 3.10. The number of aryl methyl sites for hydroxylation is 1. The van der Waals surface area contributed by atoms with Crippen LogP contribution in [-0.4, -0.2) is 21.2 Å². The van der Waals surface area contributed by atoms with Crippen molar-refractivity contribution >= 4 is 28.9 Å². The summed E-state index contributed by atoms with van der Waals surface area (Å²) in [4.78, 5) is 4.48. The number of benzene rings is 2. The Hall–Kier alpha value is -2.37. The zero-order valence-corrected chi connectivity index (χ0v) is 16.1. The number of halogens is 1. The number of imidazole rings is 1. The number of aromatic nitrogens is 2. The van der Waals surface area contributed by atoms with Gasteiger partial charge in [-0.05, 0) is 41.9 Å². The molecule has 1 aromatic heterocycles. The quantitative estimate of drug-likeness (QED) is 0.633. The molecule has 4 nitrogen and oxygen atoms in total. The molecule has 0 bridgehead atoms. The van der Waals surface area contributed by atoms with Crippen LogP contribution in [0, 0.1) is 0 Å². The van der Waals surface area contributed by atoms with Gasteiger partial charge in [0.1, 0.15) is 11.9 Å². The Bertz CT molecular complexity index is 846. The summed E-state index contributed by atoms with van der Waals surface area (Å²) in [7, 11) is 1.97. The first-order valence-corrected chi connectivity index (χ1v) is 9.23. The molecule has 3 rings (SSSR count). The van der Waals surface area contributed by atoms with Crippen LogP contribution in [0.1, 0.15) is 23.0 Å². The molecule has 0 saturated heterocycles. The molecular weight excluding hydrogens is 364 g/mol. The minimum absolute atomic E-state index is 0.149. The molecular formula is C20H21ClN4S. The second-order valence-corrected chi connectivity index (χ2v) is 6.86. The van der Waals surface area contributed by atoms with Crippen molar-refractivity contribution in [2.75, 3.05) is 6.54 Å². The predicted octanol–water partition coefficient (Wildman–Crippen LogP) is 3.87. The topological polar surface area (TPSA) is 41.9 Å². The first-order chi connectivity index (χ1) is 12.6. The van der Waals surface area contributed by atoms with E-state index in [2.05, 4.69) is 27.8 Å². The molecule has 6 heteroatoms. The van der Waals surface area contributed by atoms with Crippen molar-refractivity contribution in [1.82, 2.24) is 20.2 Å². The first kappa shape index (κ1) is 18.4.